The minimum Gasteiger partial charge on any atom is -0.481 e. The fourth-order valence-corrected chi connectivity index (χ4v) is 3.32. The maximum atomic E-state index is 12.2. The number of hydrogen-bond donors (Lipinski definition) is 1. The molecule has 1 aromatic heterocycles. The summed E-state index contributed by atoms with van der Waals surface area (Å²) in [6.45, 7) is 2.59. The van der Waals surface area contributed by atoms with Crippen molar-refractivity contribution in [1.29, 1.82) is 0 Å². The van der Waals surface area contributed by atoms with Crippen molar-refractivity contribution in [1.82, 2.24) is 4.90 Å². The Morgan fingerprint density at radius 3 is 2.58 bits per heavy atom. The summed E-state index contributed by atoms with van der Waals surface area (Å²) in [6.07, 6.45) is 2.29. The van der Waals surface area contributed by atoms with Crippen LogP contribution in [0.2, 0.25) is 0 Å². The van der Waals surface area contributed by atoms with Crippen LogP contribution in [0.4, 0.5) is 0 Å². The molecule has 0 saturated heterocycles. The highest BCUT2D eigenvalue weighted by molar-refractivity contribution is 7.10. The number of amides is 1. The van der Waals surface area contributed by atoms with Gasteiger partial charge in [0.1, 0.15) is 0 Å². The molecule has 4 nitrogen and oxygen atoms in total. The maximum Gasteiger partial charge on any atom is 0.310 e. The lowest BCUT2D eigenvalue weighted by Gasteiger charge is -2.37. The first-order valence-corrected chi connectivity index (χ1v) is 7.33. The predicted octanol–water partition coefficient (Wildman–Crippen LogP) is 2.66. The Labute approximate surface area is 117 Å². The molecule has 5 heteroatoms. The van der Waals surface area contributed by atoms with Gasteiger partial charge in [-0.1, -0.05) is 6.42 Å². The molecule has 1 aromatic rings. The Bertz CT molecular complexity index is 491. The van der Waals surface area contributed by atoms with E-state index in [1.165, 1.54) is 5.56 Å². The average molecular weight is 281 g/mol. The Morgan fingerprint density at radius 2 is 2.16 bits per heavy atom. The number of carbonyl (C=O) groups is 2. The summed E-state index contributed by atoms with van der Waals surface area (Å²) < 4.78 is 0. The number of rotatable bonds is 5. The van der Waals surface area contributed by atoms with Crippen molar-refractivity contribution in [3.8, 4) is 0 Å². The van der Waals surface area contributed by atoms with Gasteiger partial charge in [-0.3, -0.25) is 9.59 Å². The van der Waals surface area contributed by atoms with Crippen molar-refractivity contribution in [2.45, 2.75) is 39.2 Å². The van der Waals surface area contributed by atoms with E-state index in [1.54, 1.807) is 23.3 Å². The van der Waals surface area contributed by atoms with E-state index in [9.17, 15) is 14.7 Å². The molecule has 19 heavy (non-hydrogen) atoms. The van der Waals surface area contributed by atoms with Crippen molar-refractivity contribution in [2.24, 2.45) is 5.41 Å². The van der Waals surface area contributed by atoms with Crippen LogP contribution in [0, 0.1) is 12.3 Å². The lowest BCUT2D eigenvalue weighted by Crippen LogP contribution is -2.42. The molecule has 2 rings (SSSR count). The first-order valence-electron chi connectivity index (χ1n) is 6.45. The largest absolute Gasteiger partial charge is 0.481 e. The Kier molecular flexibility index (Phi) is 3.94. The zero-order valence-electron chi connectivity index (χ0n) is 11.3. The van der Waals surface area contributed by atoms with Crippen molar-refractivity contribution in [3.63, 3.8) is 0 Å². The van der Waals surface area contributed by atoms with Gasteiger partial charge in [-0.05, 0) is 36.8 Å². The smallest absolute Gasteiger partial charge is 0.310 e. The monoisotopic (exact) mass is 281 g/mol. The van der Waals surface area contributed by atoms with Crippen LogP contribution in [0.15, 0.2) is 11.4 Å². The van der Waals surface area contributed by atoms with Crippen LogP contribution in [0.3, 0.4) is 0 Å². The third-order valence-electron chi connectivity index (χ3n) is 4.03. The SMILES string of the molecule is Cc1ccsc1CN(C)C(=O)CC1(C(=O)O)CCC1. The Hall–Kier alpha value is -1.36. The number of aliphatic carboxylic acids is 1. The molecule has 0 bridgehead atoms. The first-order chi connectivity index (χ1) is 8.94. The summed E-state index contributed by atoms with van der Waals surface area (Å²) in [4.78, 5) is 26.2. The zero-order chi connectivity index (χ0) is 14.0. The van der Waals surface area contributed by atoms with E-state index >= 15 is 0 Å². The molecule has 1 fully saturated rings. The molecular formula is C14H19NO3S. The van der Waals surface area contributed by atoms with Gasteiger partial charge in [0.15, 0.2) is 0 Å². The van der Waals surface area contributed by atoms with Crippen LogP contribution in [0.1, 0.15) is 36.1 Å². The lowest BCUT2D eigenvalue weighted by atomic mass is 9.66. The third-order valence-corrected chi connectivity index (χ3v) is 5.04. The average Bonchev–Trinajstić information content (AvgIpc) is 2.68. The quantitative estimate of drug-likeness (QED) is 0.902. The minimum absolute atomic E-state index is 0.0742. The summed E-state index contributed by atoms with van der Waals surface area (Å²) in [5.74, 6) is -0.900. The van der Waals surface area contributed by atoms with E-state index in [-0.39, 0.29) is 12.3 Å². The van der Waals surface area contributed by atoms with Crippen molar-refractivity contribution >= 4 is 23.2 Å². The summed E-state index contributed by atoms with van der Waals surface area (Å²) in [7, 11) is 1.75. The van der Waals surface area contributed by atoms with Gasteiger partial charge in [0, 0.05) is 18.3 Å². The second-order valence-electron chi connectivity index (χ2n) is 5.39. The zero-order valence-corrected chi connectivity index (χ0v) is 12.1. The minimum atomic E-state index is -0.826. The van der Waals surface area contributed by atoms with Gasteiger partial charge in [0.25, 0.3) is 0 Å². The molecule has 0 unspecified atom stereocenters. The predicted molar refractivity (Wildman–Crippen MR) is 74.1 cm³/mol. The fourth-order valence-electron chi connectivity index (χ4n) is 2.36. The van der Waals surface area contributed by atoms with Crippen molar-refractivity contribution in [2.75, 3.05) is 7.05 Å². The van der Waals surface area contributed by atoms with Gasteiger partial charge in [-0.2, -0.15) is 0 Å². The molecule has 104 valence electrons. The van der Waals surface area contributed by atoms with Gasteiger partial charge in [-0.25, -0.2) is 0 Å². The number of nitrogens with zero attached hydrogens (tertiary/aromatic N) is 1. The molecular weight excluding hydrogens is 262 g/mol. The van der Waals surface area contributed by atoms with E-state index in [4.69, 9.17) is 0 Å². The van der Waals surface area contributed by atoms with Gasteiger partial charge in [0.05, 0.1) is 12.0 Å². The number of carboxylic acid groups (broad SMARTS) is 1. The molecule has 1 aliphatic carbocycles. The summed E-state index contributed by atoms with van der Waals surface area (Å²) in [5, 5.41) is 11.3. The van der Waals surface area contributed by atoms with Crippen LogP contribution in [-0.4, -0.2) is 28.9 Å². The summed E-state index contributed by atoms with van der Waals surface area (Å²) in [6, 6.07) is 2.03. The molecule has 1 amide bonds. The highest BCUT2D eigenvalue weighted by atomic mass is 32.1. The summed E-state index contributed by atoms with van der Waals surface area (Å²) >= 11 is 1.63. The third kappa shape index (κ3) is 2.81. The fraction of sp³-hybridized carbons (Fsp3) is 0.571. The van der Waals surface area contributed by atoms with Crippen LogP contribution in [-0.2, 0) is 16.1 Å². The molecule has 0 aliphatic heterocycles. The maximum absolute atomic E-state index is 12.2. The molecule has 0 spiro atoms. The molecule has 1 aliphatic rings. The first kappa shape index (κ1) is 14.1. The van der Waals surface area contributed by atoms with E-state index < -0.39 is 11.4 Å². The second kappa shape index (κ2) is 5.33. The number of carboxylic acids is 1. The normalized spacial score (nSPS) is 16.7. The number of hydrogen-bond acceptors (Lipinski definition) is 3. The number of carbonyl (C=O) groups excluding carboxylic acids is 1. The molecule has 0 radical (unpaired) electrons. The molecule has 1 saturated carbocycles. The highest BCUT2D eigenvalue weighted by Crippen LogP contribution is 2.44. The van der Waals surface area contributed by atoms with Gasteiger partial charge >= 0.3 is 5.97 Å². The standard InChI is InChI=1S/C14H19NO3S/c1-10-4-7-19-11(10)9-15(2)12(16)8-14(13(17)18)5-3-6-14/h4,7H,3,5-6,8-9H2,1-2H3,(H,17,18). The summed E-state index contributed by atoms with van der Waals surface area (Å²) in [5.41, 5.74) is 0.386. The molecule has 0 aromatic carbocycles. The number of thiophene rings is 1. The second-order valence-corrected chi connectivity index (χ2v) is 6.39. The van der Waals surface area contributed by atoms with Crippen LogP contribution in [0.25, 0.3) is 0 Å². The van der Waals surface area contributed by atoms with E-state index in [0.29, 0.717) is 19.4 Å². The molecule has 0 atom stereocenters. The lowest BCUT2D eigenvalue weighted by molar-refractivity contribution is -0.159. The topological polar surface area (TPSA) is 57.6 Å². The Morgan fingerprint density at radius 1 is 1.47 bits per heavy atom. The van der Waals surface area contributed by atoms with Gasteiger partial charge in [-0.15, -0.1) is 11.3 Å². The van der Waals surface area contributed by atoms with E-state index in [0.717, 1.165) is 11.3 Å². The van der Waals surface area contributed by atoms with Gasteiger partial charge < -0.3 is 10.0 Å². The van der Waals surface area contributed by atoms with Gasteiger partial charge in [0.2, 0.25) is 5.91 Å². The van der Waals surface area contributed by atoms with E-state index in [1.807, 2.05) is 18.4 Å². The van der Waals surface area contributed by atoms with Crippen LogP contribution >= 0.6 is 11.3 Å². The molecule has 1 N–H and O–H groups in total. The van der Waals surface area contributed by atoms with Crippen LogP contribution in [0.5, 0.6) is 0 Å². The van der Waals surface area contributed by atoms with Crippen molar-refractivity contribution < 1.29 is 14.7 Å². The van der Waals surface area contributed by atoms with Crippen LogP contribution < -0.4 is 0 Å². The van der Waals surface area contributed by atoms with E-state index in [2.05, 4.69) is 0 Å². The number of aryl methyl sites for hydroxylation is 1. The Balaban J connectivity index is 1.96. The van der Waals surface area contributed by atoms with Crippen molar-refractivity contribution in [3.05, 3.63) is 21.9 Å². The molecule has 1 heterocycles. The highest BCUT2D eigenvalue weighted by Gasteiger charge is 2.46.